The molecular weight excluding hydrogens is 391 g/mol. The largest absolute Gasteiger partial charge is 0.496 e. The molecule has 0 bridgehead atoms. The van der Waals surface area contributed by atoms with E-state index in [-0.39, 0.29) is 5.38 Å². The molecule has 1 atom stereocenters. The van der Waals surface area contributed by atoms with Crippen molar-refractivity contribution in [2.75, 3.05) is 7.11 Å². The van der Waals surface area contributed by atoms with Gasteiger partial charge in [0.1, 0.15) is 5.75 Å². The first-order chi connectivity index (χ1) is 9.02. The Labute approximate surface area is 135 Å². The molecule has 1 nitrogen and oxygen atoms in total. The topological polar surface area (TPSA) is 9.23 Å². The first-order valence-electron chi connectivity index (χ1n) is 5.76. The van der Waals surface area contributed by atoms with Crippen molar-refractivity contribution in [3.63, 3.8) is 0 Å². The van der Waals surface area contributed by atoms with Crippen molar-refractivity contribution in [3.8, 4) is 5.75 Å². The van der Waals surface area contributed by atoms with E-state index in [0.717, 1.165) is 31.4 Å². The Balaban J connectivity index is 2.43. The molecule has 0 spiro atoms. The minimum atomic E-state index is -0.221. The van der Waals surface area contributed by atoms with E-state index in [4.69, 9.17) is 16.3 Å². The number of alkyl halides is 1. The number of ether oxygens (including phenoxy) is 1. The second kappa shape index (κ2) is 6.29. The Bertz CT molecular complexity index is 599. The fraction of sp³-hybridized carbons (Fsp3) is 0.200. The molecule has 0 aliphatic heterocycles. The summed E-state index contributed by atoms with van der Waals surface area (Å²) in [5, 5.41) is -0.221. The third-order valence-electron chi connectivity index (χ3n) is 2.96. The molecule has 0 aliphatic rings. The number of aryl methyl sites for hydroxylation is 1. The summed E-state index contributed by atoms with van der Waals surface area (Å²) < 4.78 is 7.35. The van der Waals surface area contributed by atoms with Gasteiger partial charge in [-0.3, -0.25) is 0 Å². The van der Waals surface area contributed by atoms with Crippen molar-refractivity contribution in [3.05, 3.63) is 62.0 Å². The summed E-state index contributed by atoms with van der Waals surface area (Å²) >= 11 is 13.6. The van der Waals surface area contributed by atoms with Gasteiger partial charge in [-0.25, -0.2) is 0 Å². The molecule has 2 rings (SSSR count). The Hall–Kier alpha value is -0.510. The Morgan fingerprint density at radius 2 is 1.84 bits per heavy atom. The van der Waals surface area contributed by atoms with E-state index in [9.17, 15) is 0 Å². The third-order valence-corrected chi connectivity index (χ3v) is 4.66. The number of hydrogen-bond acceptors (Lipinski definition) is 1. The summed E-state index contributed by atoms with van der Waals surface area (Å²) in [7, 11) is 1.67. The van der Waals surface area contributed by atoms with Crippen LogP contribution in [0.5, 0.6) is 5.75 Å². The zero-order valence-corrected chi connectivity index (χ0v) is 14.5. The minimum Gasteiger partial charge on any atom is -0.496 e. The standard InChI is InChI=1S/C15H13Br2ClO/c1-9-3-4-10(7-14(9)19-2)15(18)12-8-11(16)5-6-13(12)17/h3-8,15H,1-2H3. The smallest absolute Gasteiger partial charge is 0.122 e. The van der Waals surface area contributed by atoms with E-state index in [1.807, 2.05) is 43.3 Å². The molecular formula is C15H13Br2ClO. The number of benzene rings is 2. The maximum absolute atomic E-state index is 6.58. The molecule has 0 fully saturated rings. The molecule has 4 heteroatoms. The predicted molar refractivity (Wildman–Crippen MR) is 87.3 cm³/mol. The van der Waals surface area contributed by atoms with Crippen molar-refractivity contribution in [2.24, 2.45) is 0 Å². The van der Waals surface area contributed by atoms with E-state index >= 15 is 0 Å². The van der Waals surface area contributed by atoms with Crippen molar-refractivity contribution >= 4 is 43.5 Å². The Morgan fingerprint density at radius 1 is 1.11 bits per heavy atom. The van der Waals surface area contributed by atoms with E-state index < -0.39 is 0 Å². The van der Waals surface area contributed by atoms with Gasteiger partial charge in [0.05, 0.1) is 12.5 Å². The third kappa shape index (κ3) is 3.33. The van der Waals surface area contributed by atoms with Gasteiger partial charge in [0, 0.05) is 8.95 Å². The normalized spacial score (nSPS) is 12.3. The summed E-state index contributed by atoms with van der Waals surface area (Å²) in [6.07, 6.45) is 0. The highest BCUT2D eigenvalue weighted by Gasteiger charge is 2.15. The highest BCUT2D eigenvalue weighted by atomic mass is 79.9. The van der Waals surface area contributed by atoms with Crippen LogP contribution >= 0.6 is 43.5 Å². The fourth-order valence-electron chi connectivity index (χ4n) is 1.88. The zero-order valence-electron chi connectivity index (χ0n) is 10.6. The molecule has 19 heavy (non-hydrogen) atoms. The van der Waals surface area contributed by atoms with Gasteiger partial charge in [0.25, 0.3) is 0 Å². The summed E-state index contributed by atoms with van der Waals surface area (Å²) in [5.41, 5.74) is 3.15. The first kappa shape index (κ1) is 14.9. The molecule has 2 aromatic rings. The van der Waals surface area contributed by atoms with Gasteiger partial charge in [-0.15, -0.1) is 11.6 Å². The van der Waals surface area contributed by atoms with E-state index in [1.54, 1.807) is 7.11 Å². The van der Waals surface area contributed by atoms with Crippen molar-refractivity contribution < 1.29 is 4.74 Å². The second-order valence-electron chi connectivity index (χ2n) is 4.26. The van der Waals surface area contributed by atoms with E-state index in [1.165, 1.54) is 0 Å². The summed E-state index contributed by atoms with van der Waals surface area (Å²) in [6, 6.07) is 12.0. The molecule has 0 amide bonds. The van der Waals surface area contributed by atoms with Crippen LogP contribution in [0.2, 0.25) is 0 Å². The molecule has 0 saturated carbocycles. The van der Waals surface area contributed by atoms with Crippen LogP contribution in [-0.4, -0.2) is 7.11 Å². The van der Waals surface area contributed by atoms with Crippen LogP contribution in [0.4, 0.5) is 0 Å². The average Bonchev–Trinajstić information content (AvgIpc) is 2.41. The average molecular weight is 405 g/mol. The molecule has 2 aromatic carbocycles. The Morgan fingerprint density at radius 3 is 2.53 bits per heavy atom. The van der Waals surface area contributed by atoms with Crippen molar-refractivity contribution in [2.45, 2.75) is 12.3 Å². The first-order valence-corrected chi connectivity index (χ1v) is 7.78. The monoisotopic (exact) mass is 402 g/mol. The maximum atomic E-state index is 6.58. The molecule has 100 valence electrons. The maximum Gasteiger partial charge on any atom is 0.122 e. The van der Waals surface area contributed by atoms with Gasteiger partial charge in [-0.1, -0.05) is 44.0 Å². The van der Waals surface area contributed by atoms with Crippen LogP contribution in [-0.2, 0) is 0 Å². The van der Waals surface area contributed by atoms with Gasteiger partial charge >= 0.3 is 0 Å². The molecule has 0 radical (unpaired) electrons. The van der Waals surface area contributed by atoms with Crippen molar-refractivity contribution in [1.29, 1.82) is 0 Å². The molecule has 1 unspecified atom stereocenters. The fourth-order valence-corrected chi connectivity index (χ4v) is 3.19. The van der Waals surface area contributed by atoms with E-state index in [0.29, 0.717) is 0 Å². The zero-order chi connectivity index (χ0) is 14.0. The van der Waals surface area contributed by atoms with Crippen LogP contribution in [0.3, 0.4) is 0 Å². The highest BCUT2D eigenvalue weighted by Crippen LogP contribution is 2.37. The SMILES string of the molecule is COc1cc(C(Cl)c2cc(Br)ccc2Br)ccc1C. The lowest BCUT2D eigenvalue weighted by molar-refractivity contribution is 0.411. The van der Waals surface area contributed by atoms with Crippen LogP contribution in [0.1, 0.15) is 22.1 Å². The minimum absolute atomic E-state index is 0.221. The van der Waals surface area contributed by atoms with E-state index in [2.05, 4.69) is 31.9 Å². The molecule has 0 aromatic heterocycles. The molecule has 0 heterocycles. The summed E-state index contributed by atoms with van der Waals surface area (Å²) in [6.45, 7) is 2.01. The number of rotatable bonds is 3. The lowest BCUT2D eigenvalue weighted by Crippen LogP contribution is -1.97. The summed E-state index contributed by atoms with van der Waals surface area (Å²) in [4.78, 5) is 0. The summed E-state index contributed by atoms with van der Waals surface area (Å²) in [5.74, 6) is 0.856. The number of methoxy groups -OCH3 is 1. The number of halogens is 3. The highest BCUT2D eigenvalue weighted by molar-refractivity contribution is 9.11. The van der Waals surface area contributed by atoms with Crippen LogP contribution in [0.25, 0.3) is 0 Å². The van der Waals surface area contributed by atoms with Crippen molar-refractivity contribution in [1.82, 2.24) is 0 Å². The molecule has 0 aliphatic carbocycles. The van der Waals surface area contributed by atoms with Gasteiger partial charge in [0.2, 0.25) is 0 Å². The van der Waals surface area contributed by atoms with Gasteiger partial charge in [-0.05, 0) is 47.9 Å². The van der Waals surface area contributed by atoms with Gasteiger partial charge < -0.3 is 4.74 Å². The molecule has 0 saturated heterocycles. The predicted octanol–water partition coefficient (Wildman–Crippen LogP) is 5.86. The number of hydrogen-bond donors (Lipinski definition) is 0. The lowest BCUT2D eigenvalue weighted by atomic mass is 10.0. The van der Waals surface area contributed by atoms with Gasteiger partial charge in [-0.2, -0.15) is 0 Å². The second-order valence-corrected chi connectivity index (χ2v) is 6.46. The molecule has 0 N–H and O–H groups in total. The van der Waals surface area contributed by atoms with Crippen LogP contribution in [0.15, 0.2) is 45.3 Å². The Kier molecular flexibility index (Phi) is 4.93. The van der Waals surface area contributed by atoms with Crippen LogP contribution in [0, 0.1) is 6.92 Å². The van der Waals surface area contributed by atoms with Gasteiger partial charge in [0.15, 0.2) is 0 Å². The quantitative estimate of drug-likeness (QED) is 0.583. The van der Waals surface area contributed by atoms with Crippen LogP contribution < -0.4 is 4.74 Å². The lowest BCUT2D eigenvalue weighted by Gasteiger charge is -2.15.